The zero-order valence-electron chi connectivity index (χ0n) is 15.8. The third kappa shape index (κ3) is 5.92. The number of para-hydroxylation sites is 2. The first-order chi connectivity index (χ1) is 13.3. The summed E-state index contributed by atoms with van der Waals surface area (Å²) in [5.41, 5.74) is 0. The maximum Gasteiger partial charge on any atom is 0.226 e. The van der Waals surface area contributed by atoms with E-state index in [2.05, 4.69) is 15.5 Å². The summed E-state index contributed by atoms with van der Waals surface area (Å²) in [6, 6.07) is 7.57. The van der Waals surface area contributed by atoms with Crippen LogP contribution in [0.25, 0.3) is 0 Å². The molecule has 3 rings (SSSR count). The number of nitrogens with zero attached hydrogens (tertiary/aromatic N) is 2. The van der Waals surface area contributed by atoms with Gasteiger partial charge in [0.05, 0.1) is 13.2 Å². The molecule has 27 heavy (non-hydrogen) atoms. The second kappa shape index (κ2) is 10.3. The molecule has 0 spiro atoms. The first-order valence-electron chi connectivity index (χ1n) is 9.74. The minimum atomic E-state index is -0.0527. The lowest BCUT2D eigenvalue weighted by Gasteiger charge is -2.18. The number of carbonyl (C=O) groups is 1. The van der Waals surface area contributed by atoms with Crippen molar-refractivity contribution in [2.24, 2.45) is 0 Å². The van der Waals surface area contributed by atoms with Crippen molar-refractivity contribution in [1.82, 2.24) is 10.2 Å². The number of carbonyl (C=O) groups excluding carboxylic acids is 1. The quantitative estimate of drug-likeness (QED) is 0.625. The molecule has 1 aliphatic carbocycles. The number of nitrogens with one attached hydrogen (secondary N) is 1. The van der Waals surface area contributed by atoms with E-state index >= 15 is 0 Å². The zero-order valence-corrected chi connectivity index (χ0v) is 16.6. The topological polar surface area (TPSA) is 73.3 Å². The zero-order chi connectivity index (χ0) is 18.9. The van der Waals surface area contributed by atoms with Crippen molar-refractivity contribution >= 4 is 22.4 Å². The summed E-state index contributed by atoms with van der Waals surface area (Å²) in [4.78, 5) is 12.1. The fourth-order valence-corrected chi connectivity index (χ4v) is 4.17. The van der Waals surface area contributed by atoms with E-state index in [1.807, 2.05) is 31.2 Å². The molecule has 7 heteroatoms. The second-order valence-corrected chi connectivity index (χ2v) is 7.67. The first kappa shape index (κ1) is 19.6. The minimum absolute atomic E-state index is 0.0527. The maximum atomic E-state index is 12.1. The Kier molecular flexibility index (Phi) is 7.45. The molecular weight excluding hydrogens is 362 g/mol. The van der Waals surface area contributed by atoms with Gasteiger partial charge in [0.2, 0.25) is 11.0 Å². The molecule has 1 fully saturated rings. The van der Waals surface area contributed by atoms with Gasteiger partial charge in [0.15, 0.2) is 11.5 Å². The highest BCUT2D eigenvalue weighted by molar-refractivity contribution is 7.15. The van der Waals surface area contributed by atoms with Crippen molar-refractivity contribution in [3.63, 3.8) is 0 Å². The smallest absolute Gasteiger partial charge is 0.226 e. The molecule has 146 valence electrons. The van der Waals surface area contributed by atoms with Gasteiger partial charge in [0.1, 0.15) is 5.01 Å². The van der Waals surface area contributed by atoms with Gasteiger partial charge in [0.25, 0.3) is 0 Å². The van der Waals surface area contributed by atoms with Crippen LogP contribution in [0.3, 0.4) is 0 Å². The van der Waals surface area contributed by atoms with Crippen molar-refractivity contribution < 1.29 is 14.3 Å². The van der Waals surface area contributed by atoms with Gasteiger partial charge >= 0.3 is 0 Å². The first-order valence-corrected chi connectivity index (χ1v) is 10.6. The number of ether oxygens (including phenoxy) is 2. The average molecular weight is 390 g/mol. The molecule has 1 heterocycles. The van der Waals surface area contributed by atoms with E-state index in [9.17, 15) is 4.79 Å². The molecule has 0 aliphatic heterocycles. The van der Waals surface area contributed by atoms with Gasteiger partial charge in [-0.25, -0.2) is 0 Å². The molecule has 1 amide bonds. The molecule has 6 nitrogen and oxygen atoms in total. The fraction of sp³-hybridized carbons (Fsp3) is 0.550. The van der Waals surface area contributed by atoms with Crippen molar-refractivity contribution in [2.45, 2.75) is 57.8 Å². The van der Waals surface area contributed by atoms with Crippen LogP contribution in [0.5, 0.6) is 11.5 Å². The molecule has 0 radical (unpaired) electrons. The van der Waals surface area contributed by atoms with Crippen molar-refractivity contribution in [1.29, 1.82) is 0 Å². The van der Waals surface area contributed by atoms with Crippen LogP contribution in [0.1, 0.15) is 62.8 Å². The number of anilines is 1. The summed E-state index contributed by atoms with van der Waals surface area (Å²) >= 11 is 1.51. The van der Waals surface area contributed by atoms with Gasteiger partial charge in [-0.3, -0.25) is 4.79 Å². The van der Waals surface area contributed by atoms with E-state index in [-0.39, 0.29) is 5.91 Å². The molecule has 1 aliphatic rings. The lowest BCUT2D eigenvalue weighted by Crippen LogP contribution is -2.12. The Hall–Kier alpha value is -2.15. The highest BCUT2D eigenvalue weighted by atomic mass is 32.1. The maximum absolute atomic E-state index is 12.1. The molecule has 1 saturated carbocycles. The molecule has 1 aromatic carbocycles. The van der Waals surface area contributed by atoms with Crippen LogP contribution in [-0.4, -0.2) is 29.3 Å². The summed E-state index contributed by atoms with van der Waals surface area (Å²) in [7, 11) is 0. The standard InChI is InChI=1S/C20H27N3O3S/c1-2-25-16-11-6-7-12-17(16)26-14-8-13-18(24)21-20-23-22-19(27-20)15-9-4-3-5-10-15/h6-7,11-12,15H,2-5,8-10,13-14H2,1H3,(H,21,23,24). The highest BCUT2D eigenvalue weighted by Gasteiger charge is 2.20. The van der Waals surface area contributed by atoms with Crippen LogP contribution >= 0.6 is 11.3 Å². The Balaban J connectivity index is 1.39. The number of amides is 1. The van der Waals surface area contributed by atoms with Gasteiger partial charge in [-0.05, 0) is 38.3 Å². The minimum Gasteiger partial charge on any atom is -0.490 e. The fourth-order valence-electron chi connectivity index (χ4n) is 3.24. The van der Waals surface area contributed by atoms with Gasteiger partial charge < -0.3 is 14.8 Å². The number of benzene rings is 1. The van der Waals surface area contributed by atoms with E-state index in [1.165, 1.54) is 43.4 Å². The average Bonchev–Trinajstić information content (AvgIpc) is 3.16. The Bertz CT molecular complexity index is 729. The molecule has 2 aromatic rings. The summed E-state index contributed by atoms with van der Waals surface area (Å²) in [5.74, 6) is 1.90. The number of hydrogen-bond donors (Lipinski definition) is 1. The van der Waals surface area contributed by atoms with Crippen LogP contribution in [0, 0.1) is 0 Å². The largest absolute Gasteiger partial charge is 0.490 e. The highest BCUT2D eigenvalue weighted by Crippen LogP contribution is 2.35. The van der Waals surface area contributed by atoms with Gasteiger partial charge in [-0.2, -0.15) is 0 Å². The van der Waals surface area contributed by atoms with Crippen LogP contribution in [0.2, 0.25) is 0 Å². The Morgan fingerprint density at radius 3 is 2.63 bits per heavy atom. The lowest BCUT2D eigenvalue weighted by atomic mass is 9.90. The summed E-state index contributed by atoms with van der Waals surface area (Å²) in [6.07, 6.45) is 7.22. The van der Waals surface area contributed by atoms with Crippen molar-refractivity contribution in [3.8, 4) is 11.5 Å². The molecule has 0 bridgehead atoms. The van der Waals surface area contributed by atoms with Crippen molar-refractivity contribution in [2.75, 3.05) is 18.5 Å². The Labute approximate surface area is 164 Å². The van der Waals surface area contributed by atoms with Crippen LogP contribution in [0.4, 0.5) is 5.13 Å². The van der Waals surface area contributed by atoms with Crippen LogP contribution in [-0.2, 0) is 4.79 Å². The number of hydrogen-bond acceptors (Lipinski definition) is 6. The van der Waals surface area contributed by atoms with E-state index < -0.39 is 0 Å². The predicted octanol–water partition coefficient (Wildman–Crippen LogP) is 4.78. The van der Waals surface area contributed by atoms with E-state index in [0.717, 1.165) is 10.8 Å². The molecule has 0 atom stereocenters. The van der Waals surface area contributed by atoms with E-state index in [0.29, 0.717) is 42.9 Å². The third-order valence-corrected chi connectivity index (χ3v) is 5.60. The molecular formula is C20H27N3O3S. The molecule has 0 saturated heterocycles. The van der Waals surface area contributed by atoms with Gasteiger partial charge in [-0.1, -0.05) is 42.7 Å². The van der Waals surface area contributed by atoms with Gasteiger partial charge in [-0.15, -0.1) is 10.2 Å². The Morgan fingerprint density at radius 1 is 1.15 bits per heavy atom. The predicted molar refractivity (Wildman–Crippen MR) is 107 cm³/mol. The summed E-state index contributed by atoms with van der Waals surface area (Å²) in [5, 5.41) is 12.9. The molecule has 1 N–H and O–H groups in total. The second-order valence-electron chi connectivity index (χ2n) is 6.66. The SMILES string of the molecule is CCOc1ccccc1OCCCC(=O)Nc1nnc(C2CCCCC2)s1. The molecule has 0 unspecified atom stereocenters. The number of rotatable bonds is 9. The number of aromatic nitrogens is 2. The third-order valence-electron chi connectivity index (χ3n) is 4.60. The van der Waals surface area contributed by atoms with Crippen molar-refractivity contribution in [3.05, 3.63) is 29.3 Å². The Morgan fingerprint density at radius 2 is 1.89 bits per heavy atom. The van der Waals surface area contributed by atoms with Crippen LogP contribution in [0.15, 0.2) is 24.3 Å². The van der Waals surface area contributed by atoms with Crippen LogP contribution < -0.4 is 14.8 Å². The lowest BCUT2D eigenvalue weighted by molar-refractivity contribution is -0.116. The summed E-state index contributed by atoms with van der Waals surface area (Å²) in [6.45, 7) is 2.99. The van der Waals surface area contributed by atoms with E-state index in [1.54, 1.807) is 0 Å². The monoisotopic (exact) mass is 389 g/mol. The van der Waals surface area contributed by atoms with E-state index in [4.69, 9.17) is 9.47 Å². The van der Waals surface area contributed by atoms with Gasteiger partial charge in [0, 0.05) is 12.3 Å². The molecule has 1 aromatic heterocycles. The summed E-state index contributed by atoms with van der Waals surface area (Å²) < 4.78 is 11.3. The normalized spacial score (nSPS) is 14.7.